The van der Waals surface area contributed by atoms with Crippen molar-refractivity contribution in [3.63, 3.8) is 0 Å². The molecule has 1 saturated carbocycles. The summed E-state index contributed by atoms with van der Waals surface area (Å²) in [5.74, 6) is -2.58. The third-order valence-electron chi connectivity index (χ3n) is 11.0. The van der Waals surface area contributed by atoms with Crippen LogP contribution in [-0.2, 0) is 0 Å². The first-order valence-electron chi connectivity index (χ1n) is 16.0. The summed E-state index contributed by atoms with van der Waals surface area (Å²) < 4.78 is 0. The molecule has 10 nitrogen and oxygen atoms in total. The fourth-order valence-corrected chi connectivity index (χ4v) is 9.10. The fraction of sp³-hybridized carbons (Fsp3) is 0.263. The molecule has 0 atom stereocenters. The van der Waals surface area contributed by atoms with Crippen molar-refractivity contribution in [3.8, 4) is 23.0 Å². The molecule has 2 aliphatic heterocycles. The maximum Gasteiger partial charge on any atom is 0.123 e. The van der Waals surface area contributed by atoms with Crippen molar-refractivity contribution in [1.29, 1.82) is 0 Å². The summed E-state index contributed by atoms with van der Waals surface area (Å²) in [6.45, 7) is 1.12. The van der Waals surface area contributed by atoms with Gasteiger partial charge in [0.2, 0.25) is 0 Å². The Balaban J connectivity index is 1.35. The van der Waals surface area contributed by atoms with Gasteiger partial charge in [0.15, 0.2) is 0 Å². The summed E-state index contributed by atoms with van der Waals surface area (Å²) in [5.41, 5.74) is 3.98. The summed E-state index contributed by atoms with van der Waals surface area (Å²) in [4.78, 5) is 8.16. The molecule has 6 aromatic carbocycles. The molecule has 0 spiro atoms. The number of aromatic hydroxyl groups is 4. The van der Waals surface area contributed by atoms with Gasteiger partial charge in [-0.05, 0) is 59.4 Å². The first kappa shape index (κ1) is 28.9. The van der Waals surface area contributed by atoms with Gasteiger partial charge in [-0.3, -0.25) is 0 Å². The van der Waals surface area contributed by atoms with E-state index in [0.29, 0.717) is 56.8 Å². The highest BCUT2D eigenvalue weighted by Gasteiger charge is 2.44. The SMILES string of the molecule is CN1CN(C)c2c3cccc(O)c3c(C3C([O-])C(c4c5c(O)cccc5c5c6c(ccc(O)c46)N(C)CN5C)C3[O-])c3c(O)ccc1c23. The molecule has 1 aliphatic carbocycles. The first-order valence-corrected chi connectivity index (χ1v) is 16.0. The van der Waals surface area contributed by atoms with E-state index < -0.39 is 24.0 Å². The molecular formula is C38H34N4O6-2. The Morgan fingerprint density at radius 3 is 1.25 bits per heavy atom. The smallest absolute Gasteiger partial charge is 0.123 e. The first-order chi connectivity index (χ1) is 23.0. The van der Waals surface area contributed by atoms with E-state index in [1.807, 2.05) is 72.1 Å². The zero-order chi connectivity index (χ0) is 33.5. The highest BCUT2D eigenvalue weighted by molar-refractivity contribution is 6.23. The van der Waals surface area contributed by atoms with Crippen LogP contribution in [0.3, 0.4) is 0 Å². The lowest BCUT2D eigenvalue weighted by Crippen LogP contribution is -2.63. The standard InChI is InChI=1S/C38H34N4O6/c1-39-15-41(3)35-17-7-5-9-21(43)25(17)31(29-23(45)13-11-19(39)27(29)35)33-37(47)34(38(33)48)32-26-18(8-6-10-22(26)44)36-28-20(40(2)16-42(36)4)12-14-24(46)30(28)32/h5-14,33-34,37-38,43-46H,15-16H2,1-4H3/q-2. The van der Waals surface area contributed by atoms with Crippen LogP contribution in [-0.4, -0.2) is 74.2 Å². The van der Waals surface area contributed by atoms with Gasteiger partial charge in [0, 0.05) is 82.7 Å². The number of fused-ring (bicyclic) bond motifs is 4. The zero-order valence-corrected chi connectivity index (χ0v) is 26.9. The number of phenolic OH excluding ortho intramolecular Hbond substituents is 4. The Morgan fingerprint density at radius 1 is 0.479 bits per heavy atom. The average molecular weight is 643 g/mol. The van der Waals surface area contributed by atoms with Crippen molar-refractivity contribution < 1.29 is 30.6 Å². The van der Waals surface area contributed by atoms with Crippen molar-refractivity contribution in [1.82, 2.24) is 0 Å². The Hall–Kier alpha value is -5.32. The Kier molecular flexibility index (Phi) is 5.78. The van der Waals surface area contributed by atoms with Gasteiger partial charge >= 0.3 is 0 Å². The maximum absolute atomic E-state index is 14.9. The minimum absolute atomic E-state index is 0.0740. The van der Waals surface area contributed by atoms with Crippen LogP contribution in [0, 0.1) is 0 Å². The molecule has 1 fully saturated rings. The average Bonchev–Trinajstić information content (AvgIpc) is 3.04. The molecule has 0 saturated heterocycles. The van der Waals surface area contributed by atoms with E-state index in [2.05, 4.69) is 0 Å². The van der Waals surface area contributed by atoms with Crippen LogP contribution >= 0.6 is 0 Å². The molecule has 2 heterocycles. The molecule has 0 unspecified atom stereocenters. The van der Waals surface area contributed by atoms with Crippen LogP contribution in [0.4, 0.5) is 22.7 Å². The van der Waals surface area contributed by atoms with Crippen LogP contribution in [0.5, 0.6) is 23.0 Å². The van der Waals surface area contributed by atoms with Crippen LogP contribution < -0.4 is 29.8 Å². The molecule has 6 aromatic rings. The lowest BCUT2D eigenvalue weighted by atomic mass is 9.60. The van der Waals surface area contributed by atoms with Crippen molar-refractivity contribution in [2.45, 2.75) is 24.0 Å². The Bertz CT molecular complexity index is 2220. The number of rotatable bonds is 2. The van der Waals surface area contributed by atoms with Gasteiger partial charge in [-0.2, -0.15) is 0 Å². The van der Waals surface area contributed by atoms with Gasteiger partial charge in [0.25, 0.3) is 0 Å². The van der Waals surface area contributed by atoms with Crippen LogP contribution in [0.2, 0.25) is 0 Å². The summed E-state index contributed by atoms with van der Waals surface area (Å²) >= 11 is 0. The van der Waals surface area contributed by atoms with E-state index in [1.165, 1.54) is 0 Å². The number of hydrogen-bond acceptors (Lipinski definition) is 10. The van der Waals surface area contributed by atoms with Crippen molar-refractivity contribution in [3.05, 3.63) is 71.8 Å². The predicted molar refractivity (Wildman–Crippen MR) is 186 cm³/mol. The summed E-state index contributed by atoms with van der Waals surface area (Å²) in [7, 11) is 7.76. The van der Waals surface area contributed by atoms with E-state index in [9.17, 15) is 30.6 Å². The predicted octanol–water partition coefficient (Wildman–Crippen LogP) is 4.15. The molecule has 244 valence electrons. The van der Waals surface area contributed by atoms with Crippen molar-refractivity contribution in [2.75, 3.05) is 61.1 Å². The largest absolute Gasteiger partial charge is 0.851 e. The Labute approximate surface area is 276 Å². The lowest BCUT2D eigenvalue weighted by molar-refractivity contribution is -0.535. The molecule has 10 heteroatoms. The van der Waals surface area contributed by atoms with Crippen molar-refractivity contribution >= 4 is 65.8 Å². The lowest BCUT2D eigenvalue weighted by Gasteiger charge is -2.62. The summed E-state index contributed by atoms with van der Waals surface area (Å²) in [6.07, 6.45) is -3.05. The molecule has 0 amide bonds. The second-order valence-corrected chi connectivity index (χ2v) is 13.7. The second-order valence-electron chi connectivity index (χ2n) is 13.7. The molecule has 0 aromatic heterocycles. The number of phenols is 4. The van der Waals surface area contributed by atoms with E-state index in [1.54, 1.807) is 36.4 Å². The van der Waals surface area contributed by atoms with Crippen LogP contribution in [0.1, 0.15) is 23.0 Å². The van der Waals surface area contributed by atoms with E-state index in [4.69, 9.17) is 0 Å². The number of benzene rings is 6. The van der Waals surface area contributed by atoms with Crippen LogP contribution in [0.25, 0.3) is 43.1 Å². The molecule has 3 aliphatic rings. The highest BCUT2D eigenvalue weighted by Crippen LogP contribution is 2.60. The van der Waals surface area contributed by atoms with Gasteiger partial charge < -0.3 is 50.2 Å². The number of anilines is 4. The topological polar surface area (TPSA) is 140 Å². The molecule has 9 rings (SSSR count). The third-order valence-corrected chi connectivity index (χ3v) is 11.0. The fourth-order valence-electron chi connectivity index (χ4n) is 9.10. The monoisotopic (exact) mass is 642 g/mol. The van der Waals surface area contributed by atoms with Crippen molar-refractivity contribution in [2.24, 2.45) is 0 Å². The van der Waals surface area contributed by atoms with Crippen LogP contribution in [0.15, 0.2) is 60.7 Å². The number of nitrogens with zero attached hydrogens (tertiary/aromatic N) is 4. The van der Waals surface area contributed by atoms with Gasteiger partial charge in [0.05, 0.1) is 24.7 Å². The Morgan fingerprint density at radius 2 is 0.854 bits per heavy atom. The van der Waals surface area contributed by atoms with Gasteiger partial charge in [-0.1, -0.05) is 24.3 Å². The molecule has 0 bridgehead atoms. The van der Waals surface area contributed by atoms with E-state index >= 15 is 0 Å². The molecule has 0 radical (unpaired) electrons. The minimum Gasteiger partial charge on any atom is -0.851 e. The minimum atomic E-state index is -1.52. The molecule has 48 heavy (non-hydrogen) atoms. The van der Waals surface area contributed by atoms with Gasteiger partial charge in [-0.25, -0.2) is 0 Å². The van der Waals surface area contributed by atoms with Gasteiger partial charge in [0.1, 0.15) is 23.0 Å². The highest BCUT2D eigenvalue weighted by atomic mass is 16.3. The van der Waals surface area contributed by atoms with E-state index in [0.717, 1.165) is 33.5 Å². The summed E-state index contributed by atoms with van der Waals surface area (Å²) in [5, 5.41) is 79.8. The second kappa shape index (κ2) is 9.62. The van der Waals surface area contributed by atoms with E-state index in [-0.39, 0.29) is 23.0 Å². The zero-order valence-electron chi connectivity index (χ0n) is 26.9. The number of hydrogen-bond donors (Lipinski definition) is 4. The third kappa shape index (κ3) is 3.43. The maximum atomic E-state index is 14.9. The quantitative estimate of drug-likeness (QED) is 0.204. The normalized spacial score (nSPS) is 22.0. The molecule has 4 N–H and O–H groups in total. The summed E-state index contributed by atoms with van der Waals surface area (Å²) in [6, 6.07) is 17.1. The van der Waals surface area contributed by atoms with Gasteiger partial charge in [-0.15, -0.1) is 12.2 Å². The molecular weight excluding hydrogens is 608 g/mol.